The SMILES string of the molecule is COc1cccc(F)c1-c1cc(F)cc(C(CC(=O)O)c2nnc(C)o2)c1. The lowest BCUT2D eigenvalue weighted by molar-refractivity contribution is -0.137. The number of aryl methyl sites for hydroxylation is 1. The molecular formula is C19H16F2N2O4. The fourth-order valence-electron chi connectivity index (χ4n) is 2.89. The number of hydrogen-bond acceptors (Lipinski definition) is 5. The van der Waals surface area contributed by atoms with E-state index in [0.717, 1.165) is 6.07 Å². The van der Waals surface area contributed by atoms with Crippen LogP contribution in [-0.2, 0) is 4.79 Å². The third-order valence-corrected chi connectivity index (χ3v) is 4.02. The fraction of sp³-hybridized carbons (Fsp3) is 0.211. The van der Waals surface area contributed by atoms with Gasteiger partial charge in [0, 0.05) is 6.92 Å². The molecule has 3 rings (SSSR count). The van der Waals surface area contributed by atoms with Crippen LogP contribution < -0.4 is 4.74 Å². The predicted octanol–water partition coefficient (Wildman–Crippen LogP) is 3.94. The van der Waals surface area contributed by atoms with Crippen molar-refractivity contribution in [1.82, 2.24) is 10.2 Å². The molecule has 6 nitrogen and oxygen atoms in total. The van der Waals surface area contributed by atoms with E-state index in [2.05, 4.69) is 10.2 Å². The Morgan fingerprint density at radius 2 is 2.04 bits per heavy atom. The molecule has 8 heteroatoms. The van der Waals surface area contributed by atoms with Gasteiger partial charge >= 0.3 is 5.97 Å². The number of carboxylic acid groups (broad SMARTS) is 1. The molecule has 27 heavy (non-hydrogen) atoms. The van der Waals surface area contributed by atoms with Crippen LogP contribution in [0.15, 0.2) is 40.8 Å². The lowest BCUT2D eigenvalue weighted by atomic mass is 9.92. The number of rotatable bonds is 6. The maximum atomic E-state index is 14.4. The Balaban J connectivity index is 2.15. The fourth-order valence-corrected chi connectivity index (χ4v) is 2.89. The van der Waals surface area contributed by atoms with Crippen molar-refractivity contribution in [2.75, 3.05) is 7.11 Å². The van der Waals surface area contributed by atoms with Crippen LogP contribution in [0.5, 0.6) is 5.75 Å². The van der Waals surface area contributed by atoms with Crippen molar-refractivity contribution in [3.8, 4) is 16.9 Å². The van der Waals surface area contributed by atoms with Gasteiger partial charge in [0.1, 0.15) is 17.4 Å². The molecule has 1 heterocycles. The zero-order chi connectivity index (χ0) is 19.6. The molecule has 0 spiro atoms. The largest absolute Gasteiger partial charge is 0.496 e. The van der Waals surface area contributed by atoms with Gasteiger partial charge in [-0.3, -0.25) is 4.79 Å². The molecule has 0 saturated heterocycles. The van der Waals surface area contributed by atoms with E-state index in [1.54, 1.807) is 13.0 Å². The molecule has 1 aromatic heterocycles. The van der Waals surface area contributed by atoms with Crippen LogP contribution in [0, 0.1) is 18.6 Å². The van der Waals surface area contributed by atoms with Gasteiger partial charge in [-0.1, -0.05) is 6.07 Å². The quantitative estimate of drug-likeness (QED) is 0.703. The second-order valence-corrected chi connectivity index (χ2v) is 5.90. The predicted molar refractivity (Wildman–Crippen MR) is 91.5 cm³/mol. The van der Waals surface area contributed by atoms with Crippen molar-refractivity contribution < 1.29 is 27.8 Å². The monoisotopic (exact) mass is 374 g/mol. The Hall–Kier alpha value is -3.29. The number of nitrogens with zero attached hydrogens (tertiary/aromatic N) is 2. The van der Waals surface area contributed by atoms with Gasteiger partial charge in [-0.2, -0.15) is 0 Å². The van der Waals surface area contributed by atoms with Crippen LogP contribution in [0.2, 0.25) is 0 Å². The average molecular weight is 374 g/mol. The molecule has 3 aromatic rings. The highest BCUT2D eigenvalue weighted by Crippen LogP contribution is 2.36. The van der Waals surface area contributed by atoms with Crippen LogP contribution in [0.25, 0.3) is 11.1 Å². The normalized spacial score (nSPS) is 12.0. The number of methoxy groups -OCH3 is 1. The van der Waals surface area contributed by atoms with Crippen molar-refractivity contribution >= 4 is 5.97 Å². The molecule has 0 bridgehead atoms. The summed E-state index contributed by atoms with van der Waals surface area (Å²) in [6, 6.07) is 8.09. The van der Waals surface area contributed by atoms with Crippen LogP contribution in [0.3, 0.4) is 0 Å². The minimum atomic E-state index is -1.12. The van der Waals surface area contributed by atoms with E-state index in [4.69, 9.17) is 9.15 Å². The lowest BCUT2D eigenvalue weighted by Crippen LogP contribution is -2.09. The number of benzene rings is 2. The molecule has 0 aliphatic heterocycles. The number of hydrogen-bond donors (Lipinski definition) is 1. The van der Waals surface area contributed by atoms with Crippen molar-refractivity contribution in [2.45, 2.75) is 19.3 Å². The number of halogens is 2. The second kappa shape index (κ2) is 7.53. The molecule has 0 saturated carbocycles. The highest BCUT2D eigenvalue weighted by Gasteiger charge is 2.25. The molecule has 1 N–H and O–H groups in total. The summed E-state index contributed by atoms with van der Waals surface area (Å²) in [4.78, 5) is 11.3. The summed E-state index contributed by atoms with van der Waals surface area (Å²) in [7, 11) is 1.38. The number of aromatic nitrogens is 2. The minimum Gasteiger partial charge on any atom is -0.496 e. The Bertz CT molecular complexity index is 988. The van der Waals surface area contributed by atoms with Gasteiger partial charge in [-0.05, 0) is 41.5 Å². The first-order valence-electron chi connectivity index (χ1n) is 8.04. The summed E-state index contributed by atoms with van der Waals surface area (Å²) < 4.78 is 39.2. The van der Waals surface area contributed by atoms with E-state index in [1.807, 2.05) is 0 Å². The highest BCUT2D eigenvalue weighted by atomic mass is 19.1. The molecule has 1 atom stereocenters. The topological polar surface area (TPSA) is 85.5 Å². The van der Waals surface area contributed by atoms with Crippen LogP contribution in [0.1, 0.15) is 29.7 Å². The first-order valence-corrected chi connectivity index (χ1v) is 8.04. The second-order valence-electron chi connectivity index (χ2n) is 5.90. The molecule has 0 aliphatic carbocycles. The molecular weight excluding hydrogens is 358 g/mol. The Labute approximate surface area is 153 Å². The zero-order valence-corrected chi connectivity index (χ0v) is 14.6. The molecule has 0 radical (unpaired) electrons. The number of carboxylic acids is 1. The number of ether oxygens (including phenoxy) is 1. The molecule has 140 valence electrons. The Morgan fingerprint density at radius 3 is 2.67 bits per heavy atom. The van der Waals surface area contributed by atoms with Crippen molar-refractivity contribution in [3.05, 3.63) is 65.4 Å². The van der Waals surface area contributed by atoms with E-state index in [1.165, 1.54) is 31.4 Å². The van der Waals surface area contributed by atoms with E-state index < -0.39 is 23.5 Å². The maximum Gasteiger partial charge on any atom is 0.304 e. The molecule has 0 amide bonds. The van der Waals surface area contributed by atoms with Gasteiger partial charge in [0.05, 0.1) is 25.0 Å². The Kier molecular flexibility index (Phi) is 5.16. The minimum absolute atomic E-state index is 0.0481. The standard InChI is InChI=1S/C19H16F2N2O4/c1-10-22-23-19(27-10)14(9-17(24)25)11-6-12(8-13(20)7-11)18-15(21)4-3-5-16(18)26-2/h3-8,14H,9H2,1-2H3,(H,24,25). The summed E-state index contributed by atoms with van der Waals surface area (Å²) in [5, 5.41) is 16.8. The van der Waals surface area contributed by atoms with Crippen molar-refractivity contribution in [3.63, 3.8) is 0 Å². The molecule has 1 unspecified atom stereocenters. The molecule has 2 aromatic carbocycles. The number of carbonyl (C=O) groups is 1. The van der Waals surface area contributed by atoms with Gasteiger partial charge < -0.3 is 14.3 Å². The third-order valence-electron chi connectivity index (χ3n) is 4.02. The van der Waals surface area contributed by atoms with Gasteiger partial charge in [0.15, 0.2) is 0 Å². The third kappa shape index (κ3) is 3.94. The number of aliphatic carboxylic acids is 1. The van der Waals surface area contributed by atoms with E-state index in [0.29, 0.717) is 0 Å². The van der Waals surface area contributed by atoms with Gasteiger partial charge in [-0.25, -0.2) is 8.78 Å². The molecule has 0 aliphatic rings. The smallest absolute Gasteiger partial charge is 0.304 e. The lowest BCUT2D eigenvalue weighted by Gasteiger charge is -2.15. The Morgan fingerprint density at radius 1 is 1.26 bits per heavy atom. The van der Waals surface area contributed by atoms with E-state index >= 15 is 0 Å². The van der Waals surface area contributed by atoms with E-state index in [-0.39, 0.29) is 40.6 Å². The van der Waals surface area contributed by atoms with Crippen LogP contribution in [-0.4, -0.2) is 28.4 Å². The van der Waals surface area contributed by atoms with Gasteiger partial charge in [0.25, 0.3) is 0 Å². The first-order chi connectivity index (χ1) is 12.9. The van der Waals surface area contributed by atoms with Crippen LogP contribution >= 0.6 is 0 Å². The summed E-state index contributed by atoms with van der Waals surface area (Å²) >= 11 is 0. The summed E-state index contributed by atoms with van der Waals surface area (Å²) in [5.74, 6) is -2.70. The van der Waals surface area contributed by atoms with Gasteiger partial charge in [0.2, 0.25) is 11.8 Å². The van der Waals surface area contributed by atoms with E-state index in [9.17, 15) is 18.7 Å². The van der Waals surface area contributed by atoms with Crippen LogP contribution in [0.4, 0.5) is 8.78 Å². The summed E-state index contributed by atoms with van der Waals surface area (Å²) in [5.41, 5.74) is 0.574. The first kappa shape index (κ1) is 18.5. The highest BCUT2D eigenvalue weighted by molar-refractivity contribution is 5.73. The summed E-state index contributed by atoms with van der Waals surface area (Å²) in [6.07, 6.45) is -0.390. The zero-order valence-electron chi connectivity index (χ0n) is 14.6. The maximum absolute atomic E-state index is 14.4. The van der Waals surface area contributed by atoms with Gasteiger partial charge in [-0.15, -0.1) is 10.2 Å². The molecule has 0 fully saturated rings. The van der Waals surface area contributed by atoms with Crippen molar-refractivity contribution in [1.29, 1.82) is 0 Å². The summed E-state index contributed by atoms with van der Waals surface area (Å²) in [6.45, 7) is 1.57. The average Bonchev–Trinajstić information content (AvgIpc) is 3.04. The van der Waals surface area contributed by atoms with Crippen molar-refractivity contribution in [2.24, 2.45) is 0 Å².